The zero-order valence-electron chi connectivity index (χ0n) is 9.35. The van der Waals surface area contributed by atoms with Gasteiger partial charge >= 0.3 is 0 Å². The van der Waals surface area contributed by atoms with Crippen LogP contribution in [0.5, 0.6) is 0 Å². The van der Waals surface area contributed by atoms with Crippen LogP contribution in [0.3, 0.4) is 0 Å². The highest BCUT2D eigenvalue weighted by Gasteiger charge is 2.13. The topological polar surface area (TPSA) is 39.9 Å². The van der Waals surface area contributed by atoms with Crippen LogP contribution in [0, 0.1) is 11.3 Å². The quantitative estimate of drug-likeness (QED) is 0.736. The summed E-state index contributed by atoms with van der Waals surface area (Å²) < 4.78 is 0. The molecule has 0 bridgehead atoms. The fourth-order valence-corrected chi connectivity index (χ4v) is 1.60. The molecule has 0 saturated carbocycles. The van der Waals surface area contributed by atoms with Gasteiger partial charge in [-0.05, 0) is 30.7 Å². The molecule has 1 atom stereocenters. The van der Waals surface area contributed by atoms with Gasteiger partial charge in [0, 0.05) is 18.9 Å². The maximum absolute atomic E-state index is 9.00. The Bertz CT molecular complexity index is 315. The van der Waals surface area contributed by atoms with Crippen LogP contribution in [-0.2, 0) is 6.54 Å². The van der Waals surface area contributed by atoms with Gasteiger partial charge in [0.25, 0.3) is 0 Å². The van der Waals surface area contributed by atoms with Crippen LogP contribution >= 0.6 is 0 Å². The number of nitriles is 1. The molecular formula is C12H17N3. The minimum absolute atomic E-state index is 0.0168. The lowest BCUT2D eigenvalue weighted by molar-refractivity contribution is 0.232. The summed E-state index contributed by atoms with van der Waals surface area (Å²) in [6.45, 7) is 5.85. The highest BCUT2D eigenvalue weighted by atomic mass is 15.1. The van der Waals surface area contributed by atoms with Gasteiger partial charge in [0.2, 0.25) is 0 Å². The van der Waals surface area contributed by atoms with Crippen molar-refractivity contribution in [1.82, 2.24) is 9.88 Å². The maximum atomic E-state index is 9.00. The van der Waals surface area contributed by atoms with Crippen molar-refractivity contribution >= 4 is 0 Å². The molecule has 0 fully saturated rings. The van der Waals surface area contributed by atoms with Crippen LogP contribution in [-0.4, -0.2) is 22.5 Å². The van der Waals surface area contributed by atoms with Gasteiger partial charge in [0.05, 0.1) is 12.1 Å². The van der Waals surface area contributed by atoms with E-state index < -0.39 is 0 Å². The first-order valence-electron chi connectivity index (χ1n) is 5.34. The number of aromatic nitrogens is 1. The smallest absolute Gasteiger partial charge is 0.0978 e. The SMILES string of the molecule is CCC(C#N)N(CC)Cc1ccncc1. The Morgan fingerprint density at radius 3 is 2.53 bits per heavy atom. The minimum Gasteiger partial charge on any atom is -0.284 e. The summed E-state index contributed by atoms with van der Waals surface area (Å²) in [5.41, 5.74) is 1.21. The molecule has 3 nitrogen and oxygen atoms in total. The Hall–Kier alpha value is -1.40. The van der Waals surface area contributed by atoms with Crippen molar-refractivity contribution < 1.29 is 0 Å². The fraction of sp³-hybridized carbons (Fsp3) is 0.500. The molecule has 0 saturated heterocycles. The molecule has 1 unspecified atom stereocenters. The van der Waals surface area contributed by atoms with E-state index in [9.17, 15) is 0 Å². The first kappa shape index (κ1) is 11.7. The van der Waals surface area contributed by atoms with E-state index >= 15 is 0 Å². The molecule has 0 N–H and O–H groups in total. The molecule has 80 valence electrons. The van der Waals surface area contributed by atoms with E-state index in [2.05, 4.69) is 22.9 Å². The molecule has 1 heterocycles. The summed E-state index contributed by atoms with van der Waals surface area (Å²) in [7, 11) is 0. The molecule has 15 heavy (non-hydrogen) atoms. The van der Waals surface area contributed by atoms with Crippen LogP contribution in [0.4, 0.5) is 0 Å². The molecule has 3 heteroatoms. The Balaban J connectivity index is 2.66. The molecular weight excluding hydrogens is 186 g/mol. The zero-order chi connectivity index (χ0) is 11.1. The van der Waals surface area contributed by atoms with Crippen LogP contribution < -0.4 is 0 Å². The van der Waals surface area contributed by atoms with E-state index in [1.54, 1.807) is 12.4 Å². The first-order chi connectivity index (χ1) is 7.31. The summed E-state index contributed by atoms with van der Waals surface area (Å²) in [6, 6.07) is 6.34. The van der Waals surface area contributed by atoms with Crippen molar-refractivity contribution in [2.75, 3.05) is 6.54 Å². The van der Waals surface area contributed by atoms with Crippen molar-refractivity contribution in [3.05, 3.63) is 30.1 Å². The van der Waals surface area contributed by atoms with Crippen LogP contribution in [0.15, 0.2) is 24.5 Å². The summed E-state index contributed by atoms with van der Waals surface area (Å²) >= 11 is 0. The van der Waals surface area contributed by atoms with Crippen LogP contribution in [0.25, 0.3) is 0 Å². The lowest BCUT2D eigenvalue weighted by atomic mass is 10.1. The Morgan fingerprint density at radius 1 is 1.40 bits per heavy atom. The van der Waals surface area contributed by atoms with Crippen molar-refractivity contribution in [3.63, 3.8) is 0 Å². The largest absolute Gasteiger partial charge is 0.284 e. The second-order valence-corrected chi connectivity index (χ2v) is 3.47. The summed E-state index contributed by atoms with van der Waals surface area (Å²) in [4.78, 5) is 6.16. The number of nitrogens with zero attached hydrogens (tertiary/aromatic N) is 3. The second-order valence-electron chi connectivity index (χ2n) is 3.47. The Labute approximate surface area is 91.4 Å². The first-order valence-corrected chi connectivity index (χ1v) is 5.34. The average molecular weight is 203 g/mol. The molecule has 1 aromatic heterocycles. The van der Waals surface area contributed by atoms with Crippen LogP contribution in [0.1, 0.15) is 25.8 Å². The van der Waals surface area contributed by atoms with Gasteiger partial charge in [0.1, 0.15) is 0 Å². The number of hydrogen-bond acceptors (Lipinski definition) is 3. The molecule has 1 rings (SSSR count). The summed E-state index contributed by atoms with van der Waals surface area (Å²) in [6.07, 6.45) is 4.45. The molecule has 0 aliphatic carbocycles. The molecule has 0 aliphatic heterocycles. The van der Waals surface area contributed by atoms with Gasteiger partial charge in [-0.2, -0.15) is 5.26 Å². The normalized spacial score (nSPS) is 12.4. The minimum atomic E-state index is 0.0168. The van der Waals surface area contributed by atoms with Gasteiger partial charge in [-0.1, -0.05) is 13.8 Å². The standard InChI is InChI=1S/C12H17N3/c1-3-12(9-13)15(4-2)10-11-5-7-14-8-6-11/h5-8,12H,3-4,10H2,1-2H3. The third-order valence-corrected chi connectivity index (χ3v) is 2.52. The van der Waals surface area contributed by atoms with Crippen molar-refractivity contribution in [2.45, 2.75) is 32.9 Å². The highest BCUT2D eigenvalue weighted by molar-refractivity contribution is 5.10. The molecule has 0 aromatic carbocycles. The lowest BCUT2D eigenvalue weighted by Crippen LogP contribution is -2.33. The van der Waals surface area contributed by atoms with Gasteiger partial charge in [-0.25, -0.2) is 0 Å². The Kier molecular flexibility index (Phi) is 4.79. The molecule has 0 aliphatic rings. The second kappa shape index (κ2) is 6.15. The van der Waals surface area contributed by atoms with Crippen molar-refractivity contribution in [3.8, 4) is 6.07 Å². The summed E-state index contributed by atoms with van der Waals surface area (Å²) in [5, 5.41) is 9.00. The molecule has 0 radical (unpaired) electrons. The van der Waals surface area contributed by atoms with Gasteiger partial charge in [-0.3, -0.25) is 9.88 Å². The zero-order valence-corrected chi connectivity index (χ0v) is 9.35. The van der Waals surface area contributed by atoms with Gasteiger partial charge < -0.3 is 0 Å². The molecule has 0 spiro atoms. The summed E-state index contributed by atoms with van der Waals surface area (Å²) in [5.74, 6) is 0. The number of pyridine rings is 1. The van der Waals surface area contributed by atoms with Crippen molar-refractivity contribution in [1.29, 1.82) is 5.26 Å². The molecule has 0 amide bonds. The third-order valence-electron chi connectivity index (χ3n) is 2.52. The van der Waals surface area contributed by atoms with E-state index in [1.165, 1.54) is 5.56 Å². The lowest BCUT2D eigenvalue weighted by Gasteiger charge is -2.24. The number of rotatable bonds is 5. The number of hydrogen-bond donors (Lipinski definition) is 0. The monoisotopic (exact) mass is 203 g/mol. The van der Waals surface area contributed by atoms with Gasteiger partial charge in [-0.15, -0.1) is 0 Å². The van der Waals surface area contributed by atoms with E-state index in [0.717, 1.165) is 19.5 Å². The predicted octanol–water partition coefficient (Wildman–Crippen LogP) is 2.21. The highest BCUT2D eigenvalue weighted by Crippen LogP contribution is 2.09. The predicted molar refractivity (Wildman–Crippen MR) is 60.0 cm³/mol. The van der Waals surface area contributed by atoms with E-state index in [1.807, 2.05) is 19.1 Å². The van der Waals surface area contributed by atoms with Crippen LogP contribution in [0.2, 0.25) is 0 Å². The van der Waals surface area contributed by atoms with Crippen molar-refractivity contribution in [2.24, 2.45) is 0 Å². The Morgan fingerprint density at radius 2 is 2.07 bits per heavy atom. The molecule has 1 aromatic rings. The third kappa shape index (κ3) is 3.34. The van der Waals surface area contributed by atoms with E-state index in [-0.39, 0.29) is 6.04 Å². The average Bonchev–Trinajstić information content (AvgIpc) is 2.30. The van der Waals surface area contributed by atoms with E-state index in [4.69, 9.17) is 5.26 Å². The van der Waals surface area contributed by atoms with Gasteiger partial charge in [0.15, 0.2) is 0 Å². The maximum Gasteiger partial charge on any atom is 0.0978 e. The van der Waals surface area contributed by atoms with E-state index in [0.29, 0.717) is 0 Å². The fourth-order valence-electron chi connectivity index (χ4n) is 1.60.